The lowest BCUT2D eigenvalue weighted by Crippen LogP contribution is -2.36. The Morgan fingerprint density at radius 2 is 1.92 bits per heavy atom. The molecule has 0 unspecified atom stereocenters. The molecule has 4 heteroatoms. The standard InChI is InChI=1S/C20H25N3O/c1-23(15-16-8-4-2-5-9-16)18-12-13-21-19(14-18)20(24)22-17-10-6-3-7-11-17/h2,4-5,8-9,12-14,17H,3,6-7,10-11,15H2,1H3,(H,22,24). The summed E-state index contributed by atoms with van der Waals surface area (Å²) in [6.45, 7) is 0.800. The van der Waals surface area contributed by atoms with E-state index in [4.69, 9.17) is 0 Å². The quantitative estimate of drug-likeness (QED) is 0.911. The summed E-state index contributed by atoms with van der Waals surface area (Å²) in [7, 11) is 2.03. The largest absolute Gasteiger partial charge is 0.370 e. The summed E-state index contributed by atoms with van der Waals surface area (Å²) in [5.41, 5.74) is 2.74. The number of hydrogen-bond donors (Lipinski definition) is 1. The summed E-state index contributed by atoms with van der Waals surface area (Å²) >= 11 is 0. The van der Waals surface area contributed by atoms with Gasteiger partial charge in [-0.1, -0.05) is 49.6 Å². The third-order valence-electron chi connectivity index (χ3n) is 4.62. The molecule has 1 aromatic carbocycles. The fraction of sp³-hybridized carbons (Fsp3) is 0.400. The van der Waals surface area contributed by atoms with Crippen LogP contribution in [0.25, 0.3) is 0 Å². The minimum absolute atomic E-state index is 0.0585. The van der Waals surface area contributed by atoms with E-state index in [1.54, 1.807) is 6.20 Å². The predicted molar refractivity (Wildman–Crippen MR) is 97.1 cm³/mol. The summed E-state index contributed by atoms with van der Waals surface area (Å²) in [5.74, 6) is -0.0585. The highest BCUT2D eigenvalue weighted by atomic mass is 16.1. The van der Waals surface area contributed by atoms with Crippen LogP contribution in [-0.4, -0.2) is 24.0 Å². The van der Waals surface area contributed by atoms with E-state index in [1.165, 1.54) is 24.8 Å². The van der Waals surface area contributed by atoms with Crippen LogP contribution in [0.5, 0.6) is 0 Å². The van der Waals surface area contributed by atoms with E-state index < -0.39 is 0 Å². The Morgan fingerprint density at radius 1 is 1.17 bits per heavy atom. The molecule has 1 N–H and O–H groups in total. The number of benzene rings is 1. The van der Waals surface area contributed by atoms with Crippen molar-refractivity contribution < 1.29 is 4.79 Å². The second-order valence-electron chi connectivity index (χ2n) is 6.55. The van der Waals surface area contributed by atoms with Gasteiger partial charge in [0.2, 0.25) is 0 Å². The Kier molecular flexibility index (Phi) is 5.47. The summed E-state index contributed by atoms with van der Waals surface area (Å²) in [4.78, 5) is 18.8. The van der Waals surface area contributed by atoms with Crippen LogP contribution in [0.4, 0.5) is 5.69 Å². The van der Waals surface area contributed by atoms with Crippen LogP contribution in [-0.2, 0) is 6.54 Å². The number of amides is 1. The predicted octanol–water partition coefficient (Wildman–Crippen LogP) is 3.78. The molecule has 1 aliphatic rings. The number of carbonyl (C=O) groups is 1. The van der Waals surface area contributed by atoms with Gasteiger partial charge in [0, 0.05) is 31.5 Å². The van der Waals surface area contributed by atoms with Crippen molar-refractivity contribution in [3.05, 3.63) is 59.9 Å². The van der Waals surface area contributed by atoms with Crippen molar-refractivity contribution in [1.82, 2.24) is 10.3 Å². The molecule has 1 saturated carbocycles. The van der Waals surface area contributed by atoms with Crippen LogP contribution in [0, 0.1) is 0 Å². The maximum atomic E-state index is 12.5. The minimum atomic E-state index is -0.0585. The molecule has 0 bridgehead atoms. The molecule has 0 saturated heterocycles. The van der Waals surface area contributed by atoms with Crippen molar-refractivity contribution in [1.29, 1.82) is 0 Å². The number of nitrogens with zero attached hydrogens (tertiary/aromatic N) is 2. The molecular formula is C20H25N3O. The molecular weight excluding hydrogens is 298 g/mol. The van der Waals surface area contributed by atoms with Gasteiger partial charge in [-0.15, -0.1) is 0 Å². The topological polar surface area (TPSA) is 45.2 Å². The zero-order valence-electron chi connectivity index (χ0n) is 14.2. The van der Waals surface area contributed by atoms with Gasteiger partial charge >= 0.3 is 0 Å². The number of carbonyl (C=O) groups excluding carboxylic acids is 1. The molecule has 1 heterocycles. The smallest absolute Gasteiger partial charge is 0.270 e. The second kappa shape index (κ2) is 7.95. The number of aromatic nitrogens is 1. The molecule has 0 spiro atoms. The van der Waals surface area contributed by atoms with E-state index in [2.05, 4.69) is 27.3 Å². The van der Waals surface area contributed by atoms with E-state index in [1.807, 2.05) is 37.4 Å². The van der Waals surface area contributed by atoms with Crippen molar-refractivity contribution in [2.75, 3.05) is 11.9 Å². The Balaban J connectivity index is 1.65. The first kappa shape index (κ1) is 16.5. The lowest BCUT2D eigenvalue weighted by Gasteiger charge is -2.23. The molecule has 1 aromatic heterocycles. The number of rotatable bonds is 5. The minimum Gasteiger partial charge on any atom is -0.370 e. The zero-order valence-corrected chi connectivity index (χ0v) is 14.2. The average Bonchev–Trinajstić information content (AvgIpc) is 2.63. The summed E-state index contributed by atoms with van der Waals surface area (Å²) in [6, 6.07) is 14.4. The van der Waals surface area contributed by atoms with Crippen LogP contribution < -0.4 is 10.2 Å². The molecule has 126 valence electrons. The van der Waals surface area contributed by atoms with Gasteiger partial charge in [0.1, 0.15) is 5.69 Å². The average molecular weight is 323 g/mol. The summed E-state index contributed by atoms with van der Waals surface area (Å²) < 4.78 is 0. The lowest BCUT2D eigenvalue weighted by molar-refractivity contribution is 0.0922. The first-order valence-corrected chi connectivity index (χ1v) is 8.74. The van der Waals surface area contributed by atoms with Crippen molar-refractivity contribution >= 4 is 11.6 Å². The Morgan fingerprint density at radius 3 is 2.67 bits per heavy atom. The SMILES string of the molecule is CN(Cc1ccccc1)c1ccnc(C(=O)NC2CCCCC2)c1. The molecule has 1 amide bonds. The van der Waals surface area contributed by atoms with Gasteiger partial charge in [0.25, 0.3) is 5.91 Å². The van der Waals surface area contributed by atoms with Gasteiger partial charge in [-0.3, -0.25) is 9.78 Å². The third kappa shape index (κ3) is 4.34. The maximum Gasteiger partial charge on any atom is 0.270 e. The van der Waals surface area contributed by atoms with Crippen LogP contribution in [0.15, 0.2) is 48.7 Å². The van der Waals surface area contributed by atoms with E-state index >= 15 is 0 Å². The summed E-state index contributed by atoms with van der Waals surface area (Å²) in [6.07, 6.45) is 7.58. The van der Waals surface area contributed by atoms with Crippen LogP contribution >= 0.6 is 0 Å². The molecule has 1 fully saturated rings. The fourth-order valence-electron chi connectivity index (χ4n) is 3.24. The normalized spacial score (nSPS) is 15.0. The first-order chi connectivity index (χ1) is 11.7. The maximum absolute atomic E-state index is 12.5. The molecule has 0 atom stereocenters. The number of hydrogen-bond acceptors (Lipinski definition) is 3. The monoisotopic (exact) mass is 323 g/mol. The van der Waals surface area contributed by atoms with Gasteiger partial charge in [-0.2, -0.15) is 0 Å². The highest BCUT2D eigenvalue weighted by molar-refractivity contribution is 5.93. The van der Waals surface area contributed by atoms with Crippen molar-refractivity contribution in [2.24, 2.45) is 0 Å². The highest BCUT2D eigenvalue weighted by Crippen LogP contribution is 2.19. The number of nitrogens with one attached hydrogen (secondary N) is 1. The molecule has 3 rings (SSSR count). The Labute approximate surface area is 143 Å². The second-order valence-corrected chi connectivity index (χ2v) is 6.55. The highest BCUT2D eigenvalue weighted by Gasteiger charge is 2.17. The van der Waals surface area contributed by atoms with Crippen LogP contribution in [0.1, 0.15) is 48.2 Å². The van der Waals surface area contributed by atoms with E-state index in [9.17, 15) is 4.79 Å². The Bertz CT molecular complexity index is 666. The third-order valence-corrected chi connectivity index (χ3v) is 4.62. The van der Waals surface area contributed by atoms with Gasteiger partial charge in [0.15, 0.2) is 0 Å². The van der Waals surface area contributed by atoms with Crippen molar-refractivity contribution in [3.8, 4) is 0 Å². The van der Waals surface area contributed by atoms with Crippen LogP contribution in [0.2, 0.25) is 0 Å². The number of anilines is 1. The van der Waals surface area contributed by atoms with E-state index in [0.29, 0.717) is 11.7 Å². The fourth-order valence-corrected chi connectivity index (χ4v) is 3.24. The van der Waals surface area contributed by atoms with E-state index in [0.717, 1.165) is 25.1 Å². The number of pyridine rings is 1. The summed E-state index contributed by atoms with van der Waals surface area (Å²) in [5, 5.41) is 3.13. The van der Waals surface area contributed by atoms with Crippen molar-refractivity contribution in [3.63, 3.8) is 0 Å². The van der Waals surface area contributed by atoms with E-state index in [-0.39, 0.29) is 5.91 Å². The first-order valence-electron chi connectivity index (χ1n) is 8.74. The van der Waals surface area contributed by atoms with Gasteiger partial charge < -0.3 is 10.2 Å². The Hall–Kier alpha value is -2.36. The molecule has 24 heavy (non-hydrogen) atoms. The zero-order chi connectivity index (χ0) is 16.8. The molecule has 0 aliphatic heterocycles. The molecule has 4 nitrogen and oxygen atoms in total. The van der Waals surface area contributed by atoms with Crippen molar-refractivity contribution in [2.45, 2.75) is 44.7 Å². The van der Waals surface area contributed by atoms with Gasteiger partial charge in [-0.05, 0) is 30.5 Å². The van der Waals surface area contributed by atoms with Gasteiger partial charge in [0.05, 0.1) is 0 Å². The molecule has 0 radical (unpaired) electrons. The lowest BCUT2D eigenvalue weighted by atomic mass is 9.95. The van der Waals surface area contributed by atoms with Crippen LogP contribution in [0.3, 0.4) is 0 Å². The molecule has 2 aromatic rings. The van der Waals surface area contributed by atoms with Gasteiger partial charge in [-0.25, -0.2) is 0 Å². The molecule has 1 aliphatic carbocycles.